The van der Waals surface area contributed by atoms with Crippen LogP contribution >= 0.6 is 0 Å². The highest BCUT2D eigenvalue weighted by atomic mass is 16.6. The fraction of sp³-hybridized carbons (Fsp3) is 0.750. The fourth-order valence-electron chi connectivity index (χ4n) is 1.17. The maximum atomic E-state index is 11.5. The molecule has 1 aliphatic heterocycles. The van der Waals surface area contributed by atoms with E-state index in [-0.39, 0.29) is 19.1 Å². The van der Waals surface area contributed by atoms with E-state index < -0.39 is 0 Å². The highest BCUT2D eigenvalue weighted by Crippen LogP contribution is 2.09. The standard InChI is InChI=1S/C9H18N2O2.C2H4.CH4/c1-9(2,3)13-8(12)11-6-4-10-5-7-11;1-2;/h10H,4-7H2,1-3H3;1-2H2;1H4. The quantitative estimate of drug-likeness (QED) is 0.649. The van der Waals surface area contributed by atoms with Crippen molar-refractivity contribution in [3.05, 3.63) is 13.2 Å². The van der Waals surface area contributed by atoms with Crippen molar-refractivity contribution in [1.29, 1.82) is 0 Å². The summed E-state index contributed by atoms with van der Waals surface area (Å²) in [6.45, 7) is 14.9. The summed E-state index contributed by atoms with van der Waals surface area (Å²) < 4.78 is 5.24. The van der Waals surface area contributed by atoms with Gasteiger partial charge in [-0.15, -0.1) is 13.2 Å². The van der Waals surface area contributed by atoms with E-state index in [2.05, 4.69) is 18.5 Å². The highest BCUT2D eigenvalue weighted by molar-refractivity contribution is 5.68. The number of ether oxygens (including phenoxy) is 1. The van der Waals surface area contributed by atoms with Gasteiger partial charge < -0.3 is 15.0 Å². The molecule has 0 bridgehead atoms. The van der Waals surface area contributed by atoms with Crippen molar-refractivity contribution in [2.75, 3.05) is 26.2 Å². The molecular formula is C12H26N2O2. The molecule has 4 heteroatoms. The van der Waals surface area contributed by atoms with Gasteiger partial charge in [-0.2, -0.15) is 0 Å². The first kappa shape index (κ1) is 17.4. The van der Waals surface area contributed by atoms with E-state index in [4.69, 9.17) is 4.74 Å². The fourth-order valence-corrected chi connectivity index (χ4v) is 1.17. The van der Waals surface area contributed by atoms with E-state index in [0.29, 0.717) is 0 Å². The van der Waals surface area contributed by atoms with Gasteiger partial charge in [0, 0.05) is 26.2 Å². The van der Waals surface area contributed by atoms with E-state index >= 15 is 0 Å². The summed E-state index contributed by atoms with van der Waals surface area (Å²) in [7, 11) is 0. The number of nitrogens with one attached hydrogen (secondary N) is 1. The number of carbonyl (C=O) groups excluding carboxylic acids is 1. The molecule has 4 nitrogen and oxygen atoms in total. The van der Waals surface area contributed by atoms with Crippen molar-refractivity contribution in [2.24, 2.45) is 0 Å². The van der Waals surface area contributed by atoms with Crippen molar-refractivity contribution in [3.8, 4) is 0 Å². The van der Waals surface area contributed by atoms with Gasteiger partial charge in [-0.3, -0.25) is 0 Å². The molecule has 0 aromatic carbocycles. The summed E-state index contributed by atoms with van der Waals surface area (Å²) in [5, 5.41) is 3.18. The van der Waals surface area contributed by atoms with Crippen LogP contribution in [0.5, 0.6) is 0 Å². The Bertz CT molecular complexity index is 194. The average molecular weight is 230 g/mol. The van der Waals surface area contributed by atoms with Crippen LogP contribution in [0.4, 0.5) is 4.79 Å². The van der Waals surface area contributed by atoms with Gasteiger partial charge in [-0.25, -0.2) is 4.79 Å². The number of piperazine rings is 1. The van der Waals surface area contributed by atoms with Crippen molar-refractivity contribution in [2.45, 2.75) is 33.8 Å². The second-order valence-electron chi connectivity index (χ2n) is 4.22. The van der Waals surface area contributed by atoms with Crippen molar-refractivity contribution >= 4 is 6.09 Å². The van der Waals surface area contributed by atoms with Crippen LogP contribution in [0.3, 0.4) is 0 Å². The van der Waals surface area contributed by atoms with E-state index in [1.807, 2.05) is 20.8 Å². The molecule has 0 saturated carbocycles. The molecule has 0 spiro atoms. The SMILES string of the molecule is C.C=C.CC(C)(C)OC(=O)N1CCNCC1. The van der Waals surface area contributed by atoms with Crippen LogP contribution in [0.25, 0.3) is 0 Å². The van der Waals surface area contributed by atoms with Gasteiger partial charge in [0.05, 0.1) is 0 Å². The van der Waals surface area contributed by atoms with E-state index in [9.17, 15) is 4.79 Å². The number of hydrogen-bond acceptors (Lipinski definition) is 3. The Hall–Kier alpha value is -1.03. The number of carbonyl (C=O) groups is 1. The van der Waals surface area contributed by atoms with Crippen molar-refractivity contribution in [3.63, 3.8) is 0 Å². The van der Waals surface area contributed by atoms with Crippen LogP contribution in [0.2, 0.25) is 0 Å². The van der Waals surface area contributed by atoms with Crippen LogP contribution in [0.1, 0.15) is 28.2 Å². The molecule has 1 rings (SSSR count). The molecule has 1 aliphatic rings. The number of amides is 1. The zero-order valence-corrected chi connectivity index (χ0v) is 10.0. The predicted octanol–water partition coefficient (Wildman–Crippen LogP) is 2.27. The van der Waals surface area contributed by atoms with Gasteiger partial charge in [0.2, 0.25) is 0 Å². The van der Waals surface area contributed by atoms with Crippen LogP contribution in [-0.2, 0) is 4.74 Å². The third-order valence-electron chi connectivity index (χ3n) is 1.77. The first-order valence-electron chi connectivity index (χ1n) is 5.18. The molecule has 0 aliphatic carbocycles. The number of rotatable bonds is 0. The van der Waals surface area contributed by atoms with Gasteiger partial charge >= 0.3 is 6.09 Å². The molecule has 0 radical (unpaired) electrons. The lowest BCUT2D eigenvalue weighted by Gasteiger charge is -2.30. The molecule has 1 saturated heterocycles. The lowest BCUT2D eigenvalue weighted by molar-refractivity contribution is 0.0229. The third kappa shape index (κ3) is 7.29. The van der Waals surface area contributed by atoms with Crippen LogP contribution in [-0.4, -0.2) is 42.8 Å². The van der Waals surface area contributed by atoms with Gasteiger partial charge in [0.1, 0.15) is 5.60 Å². The smallest absolute Gasteiger partial charge is 0.410 e. The van der Waals surface area contributed by atoms with Gasteiger partial charge in [0.15, 0.2) is 0 Å². The summed E-state index contributed by atoms with van der Waals surface area (Å²) in [6.07, 6.45) is -0.200. The molecule has 16 heavy (non-hydrogen) atoms. The first-order chi connectivity index (χ1) is 6.99. The largest absolute Gasteiger partial charge is 0.444 e. The van der Waals surface area contributed by atoms with E-state index in [1.165, 1.54) is 0 Å². The lowest BCUT2D eigenvalue weighted by atomic mass is 10.2. The molecule has 0 atom stereocenters. The minimum Gasteiger partial charge on any atom is -0.444 e. The second kappa shape index (κ2) is 8.16. The molecule has 1 heterocycles. The monoisotopic (exact) mass is 230 g/mol. The third-order valence-corrected chi connectivity index (χ3v) is 1.77. The minimum absolute atomic E-state index is 0. The predicted molar refractivity (Wildman–Crippen MR) is 68.7 cm³/mol. The second-order valence-corrected chi connectivity index (χ2v) is 4.22. The molecule has 1 amide bonds. The Morgan fingerprint density at radius 1 is 1.25 bits per heavy atom. The molecule has 0 aromatic heterocycles. The first-order valence-corrected chi connectivity index (χ1v) is 5.18. The normalized spacial score (nSPS) is 15.3. The Balaban J connectivity index is 0. The topological polar surface area (TPSA) is 41.6 Å². The van der Waals surface area contributed by atoms with Crippen molar-refractivity contribution < 1.29 is 9.53 Å². The summed E-state index contributed by atoms with van der Waals surface area (Å²) in [5.74, 6) is 0. The highest BCUT2D eigenvalue weighted by Gasteiger charge is 2.22. The number of hydrogen-bond donors (Lipinski definition) is 1. The Kier molecular flexibility index (Phi) is 8.86. The molecular weight excluding hydrogens is 204 g/mol. The lowest BCUT2D eigenvalue weighted by Crippen LogP contribution is -2.48. The van der Waals surface area contributed by atoms with Gasteiger partial charge in [0.25, 0.3) is 0 Å². The van der Waals surface area contributed by atoms with Crippen LogP contribution < -0.4 is 5.32 Å². The Morgan fingerprint density at radius 2 is 1.69 bits per heavy atom. The van der Waals surface area contributed by atoms with E-state index in [0.717, 1.165) is 26.2 Å². The van der Waals surface area contributed by atoms with Gasteiger partial charge in [-0.05, 0) is 20.8 Å². The number of nitrogens with zero attached hydrogens (tertiary/aromatic N) is 1. The Morgan fingerprint density at radius 3 is 2.06 bits per heavy atom. The molecule has 0 aromatic rings. The zero-order chi connectivity index (χ0) is 11.9. The van der Waals surface area contributed by atoms with Crippen molar-refractivity contribution in [1.82, 2.24) is 10.2 Å². The molecule has 0 unspecified atom stereocenters. The molecule has 1 fully saturated rings. The molecule has 96 valence electrons. The maximum Gasteiger partial charge on any atom is 0.410 e. The summed E-state index contributed by atoms with van der Waals surface area (Å²) in [5.41, 5.74) is -0.387. The Labute approximate surface area is 99.7 Å². The maximum absolute atomic E-state index is 11.5. The average Bonchev–Trinajstić information content (AvgIpc) is 2.20. The van der Waals surface area contributed by atoms with E-state index in [1.54, 1.807) is 4.90 Å². The summed E-state index contributed by atoms with van der Waals surface area (Å²) in [4.78, 5) is 13.2. The summed E-state index contributed by atoms with van der Waals surface area (Å²) >= 11 is 0. The zero-order valence-electron chi connectivity index (χ0n) is 10.0. The van der Waals surface area contributed by atoms with Crippen LogP contribution in [0, 0.1) is 0 Å². The van der Waals surface area contributed by atoms with Gasteiger partial charge in [-0.1, -0.05) is 7.43 Å². The van der Waals surface area contributed by atoms with Crippen LogP contribution in [0.15, 0.2) is 13.2 Å². The minimum atomic E-state index is -0.387. The molecule has 1 N–H and O–H groups in total. The summed E-state index contributed by atoms with van der Waals surface area (Å²) in [6, 6.07) is 0.